The highest BCUT2D eigenvalue weighted by atomic mass is 19.4. The normalized spacial score (nSPS) is 19.1. The molecule has 0 saturated heterocycles. The standard InChI is InChI=1S/C28H33F5N6O3/c1-15(2)23-19(14-42-38-23)26(41)37-25(17-5-8-27(29,30)9-6-17)20-13-39-21(35-20)11-18(12-34-39)24(16-3-4-16)36-22(40)7-10-28(31,32)33/h11-17,24-25H,3-10H2,1-2H3,(H,36,40)(H,37,41)/t24?,25-/m0/s1. The molecule has 228 valence electrons. The second-order valence-electron chi connectivity index (χ2n) is 11.7. The maximum Gasteiger partial charge on any atom is 0.389 e. The van der Waals surface area contributed by atoms with Gasteiger partial charge in [-0.05, 0) is 55.1 Å². The molecular weight excluding hydrogens is 563 g/mol. The molecule has 2 fully saturated rings. The van der Waals surface area contributed by atoms with E-state index in [4.69, 9.17) is 4.52 Å². The first kappa shape index (κ1) is 29.9. The highest BCUT2D eigenvalue weighted by Crippen LogP contribution is 2.43. The van der Waals surface area contributed by atoms with Crippen molar-refractivity contribution in [1.82, 2.24) is 30.4 Å². The molecule has 2 amide bonds. The van der Waals surface area contributed by atoms with E-state index in [2.05, 4.69) is 25.9 Å². The van der Waals surface area contributed by atoms with Gasteiger partial charge in [0, 0.05) is 19.3 Å². The second-order valence-corrected chi connectivity index (χ2v) is 11.7. The summed E-state index contributed by atoms with van der Waals surface area (Å²) >= 11 is 0. The minimum atomic E-state index is -4.43. The Morgan fingerprint density at radius 3 is 2.43 bits per heavy atom. The predicted molar refractivity (Wildman–Crippen MR) is 140 cm³/mol. The van der Waals surface area contributed by atoms with Gasteiger partial charge < -0.3 is 15.2 Å². The number of hydrogen-bond acceptors (Lipinski definition) is 6. The van der Waals surface area contributed by atoms with Crippen LogP contribution in [0.25, 0.3) is 5.65 Å². The van der Waals surface area contributed by atoms with E-state index in [-0.39, 0.29) is 49.0 Å². The summed E-state index contributed by atoms with van der Waals surface area (Å²) in [4.78, 5) is 30.3. The van der Waals surface area contributed by atoms with Gasteiger partial charge in [0.25, 0.3) is 5.91 Å². The minimum Gasteiger partial charge on any atom is -0.364 e. The maximum atomic E-state index is 14.0. The minimum absolute atomic E-state index is 0.0770. The summed E-state index contributed by atoms with van der Waals surface area (Å²) in [5.41, 5.74) is 2.17. The van der Waals surface area contributed by atoms with Gasteiger partial charge in [0.15, 0.2) is 5.65 Å². The summed E-state index contributed by atoms with van der Waals surface area (Å²) in [5, 5.41) is 14.0. The summed E-state index contributed by atoms with van der Waals surface area (Å²) in [6, 6.07) is 0.492. The first-order valence-corrected chi connectivity index (χ1v) is 14.1. The molecule has 9 nitrogen and oxygen atoms in total. The summed E-state index contributed by atoms with van der Waals surface area (Å²) in [7, 11) is 0. The SMILES string of the molecule is CC(C)c1nocc1C(=O)N[C@H](c1cn2ncc(C(NC(=O)CCC(F)(F)F)C3CC3)cc2n1)C1CCC(F)(F)CC1. The number of carbonyl (C=O) groups is 2. The van der Waals surface area contributed by atoms with Crippen molar-refractivity contribution in [2.75, 3.05) is 0 Å². The van der Waals surface area contributed by atoms with Crippen molar-refractivity contribution in [2.24, 2.45) is 11.8 Å². The molecule has 2 saturated carbocycles. The third-order valence-corrected chi connectivity index (χ3v) is 7.99. The molecule has 0 radical (unpaired) electrons. The molecule has 3 aromatic rings. The first-order valence-electron chi connectivity index (χ1n) is 14.1. The molecule has 5 rings (SSSR count). The van der Waals surface area contributed by atoms with Crippen LogP contribution in [-0.4, -0.2) is 43.7 Å². The number of nitrogens with zero attached hydrogens (tertiary/aromatic N) is 4. The van der Waals surface area contributed by atoms with Crippen LogP contribution in [0.15, 0.2) is 29.2 Å². The Bertz CT molecular complexity index is 1420. The number of nitrogens with one attached hydrogen (secondary N) is 2. The van der Waals surface area contributed by atoms with Gasteiger partial charge in [-0.2, -0.15) is 18.3 Å². The zero-order chi connectivity index (χ0) is 30.2. The molecule has 2 aliphatic carbocycles. The monoisotopic (exact) mass is 596 g/mol. The number of hydrogen-bond donors (Lipinski definition) is 2. The van der Waals surface area contributed by atoms with Crippen LogP contribution in [0.5, 0.6) is 0 Å². The van der Waals surface area contributed by atoms with Crippen molar-refractivity contribution in [3.8, 4) is 0 Å². The topological polar surface area (TPSA) is 114 Å². The highest BCUT2D eigenvalue weighted by molar-refractivity contribution is 5.95. The Labute approximate surface area is 238 Å². The van der Waals surface area contributed by atoms with Gasteiger partial charge >= 0.3 is 6.18 Å². The zero-order valence-corrected chi connectivity index (χ0v) is 23.3. The molecule has 2 aliphatic rings. The fraction of sp³-hybridized carbons (Fsp3) is 0.607. The fourth-order valence-electron chi connectivity index (χ4n) is 5.51. The van der Waals surface area contributed by atoms with Crippen LogP contribution in [-0.2, 0) is 4.79 Å². The maximum absolute atomic E-state index is 14.0. The Morgan fingerprint density at radius 1 is 1.10 bits per heavy atom. The lowest BCUT2D eigenvalue weighted by Gasteiger charge is -2.33. The van der Waals surface area contributed by atoms with E-state index in [1.807, 2.05) is 13.8 Å². The van der Waals surface area contributed by atoms with Crippen LogP contribution in [0.4, 0.5) is 22.0 Å². The molecule has 0 spiro atoms. The molecule has 3 aromatic heterocycles. The molecule has 0 aromatic carbocycles. The van der Waals surface area contributed by atoms with E-state index in [9.17, 15) is 31.5 Å². The summed E-state index contributed by atoms with van der Waals surface area (Å²) < 4.78 is 72.3. The quantitative estimate of drug-likeness (QED) is 0.276. The molecule has 1 unspecified atom stereocenters. The van der Waals surface area contributed by atoms with Crippen LogP contribution >= 0.6 is 0 Å². The van der Waals surface area contributed by atoms with Crippen molar-refractivity contribution >= 4 is 17.5 Å². The molecular formula is C28H33F5N6O3. The number of alkyl halides is 5. The van der Waals surface area contributed by atoms with E-state index in [0.29, 0.717) is 22.6 Å². The smallest absolute Gasteiger partial charge is 0.364 e. The highest BCUT2D eigenvalue weighted by Gasteiger charge is 2.40. The summed E-state index contributed by atoms with van der Waals surface area (Å²) in [6.45, 7) is 3.74. The van der Waals surface area contributed by atoms with Crippen molar-refractivity contribution in [1.29, 1.82) is 0 Å². The molecule has 2 N–H and O–H groups in total. The Morgan fingerprint density at radius 2 is 1.79 bits per heavy atom. The summed E-state index contributed by atoms with van der Waals surface area (Å²) in [6.07, 6.45) is -0.491. The van der Waals surface area contributed by atoms with Crippen LogP contribution < -0.4 is 10.6 Å². The van der Waals surface area contributed by atoms with Crippen molar-refractivity contribution in [3.63, 3.8) is 0 Å². The third kappa shape index (κ3) is 7.06. The van der Waals surface area contributed by atoms with Gasteiger partial charge in [-0.15, -0.1) is 0 Å². The van der Waals surface area contributed by atoms with Crippen LogP contribution in [0, 0.1) is 11.8 Å². The van der Waals surface area contributed by atoms with Gasteiger partial charge in [-0.3, -0.25) is 9.59 Å². The largest absolute Gasteiger partial charge is 0.389 e. The molecule has 0 bridgehead atoms. The predicted octanol–water partition coefficient (Wildman–Crippen LogP) is 6.05. The van der Waals surface area contributed by atoms with Gasteiger partial charge in [-0.1, -0.05) is 19.0 Å². The first-order chi connectivity index (χ1) is 19.8. The van der Waals surface area contributed by atoms with E-state index in [0.717, 1.165) is 12.8 Å². The van der Waals surface area contributed by atoms with Gasteiger partial charge in [-0.25, -0.2) is 18.3 Å². The Balaban J connectivity index is 1.40. The fourth-order valence-corrected chi connectivity index (χ4v) is 5.51. The molecule has 42 heavy (non-hydrogen) atoms. The number of aromatic nitrogens is 4. The van der Waals surface area contributed by atoms with Crippen LogP contribution in [0.3, 0.4) is 0 Å². The second kappa shape index (κ2) is 11.6. The van der Waals surface area contributed by atoms with Gasteiger partial charge in [0.2, 0.25) is 11.8 Å². The number of fused-ring (bicyclic) bond motifs is 1. The Hall–Kier alpha value is -3.58. The van der Waals surface area contributed by atoms with E-state index < -0.39 is 48.8 Å². The number of halogens is 5. The lowest BCUT2D eigenvalue weighted by Crippen LogP contribution is -2.37. The lowest BCUT2D eigenvalue weighted by molar-refractivity contribution is -0.144. The average molecular weight is 597 g/mol. The van der Waals surface area contributed by atoms with Gasteiger partial charge in [0.05, 0.1) is 42.3 Å². The van der Waals surface area contributed by atoms with Crippen molar-refractivity contribution in [3.05, 3.63) is 47.2 Å². The van der Waals surface area contributed by atoms with Crippen LogP contribution in [0.1, 0.15) is 111 Å². The number of carbonyl (C=O) groups excluding carboxylic acids is 2. The number of amides is 2. The molecule has 14 heteroatoms. The van der Waals surface area contributed by atoms with E-state index in [1.54, 1.807) is 12.3 Å². The lowest BCUT2D eigenvalue weighted by atomic mass is 9.81. The zero-order valence-electron chi connectivity index (χ0n) is 23.3. The molecule has 3 heterocycles. The summed E-state index contributed by atoms with van der Waals surface area (Å²) in [5.74, 6) is -4.23. The Kier molecular flexibility index (Phi) is 8.26. The van der Waals surface area contributed by atoms with E-state index >= 15 is 0 Å². The van der Waals surface area contributed by atoms with Crippen LogP contribution in [0.2, 0.25) is 0 Å². The van der Waals surface area contributed by atoms with Gasteiger partial charge in [0.1, 0.15) is 11.8 Å². The van der Waals surface area contributed by atoms with Crippen molar-refractivity contribution in [2.45, 2.75) is 95.3 Å². The van der Waals surface area contributed by atoms with E-state index in [1.165, 1.54) is 17.0 Å². The molecule has 0 aliphatic heterocycles. The number of rotatable bonds is 10. The average Bonchev–Trinajstić information content (AvgIpc) is 3.47. The third-order valence-electron chi connectivity index (χ3n) is 7.99. The molecule has 2 atom stereocenters. The number of imidazole rings is 1. The van der Waals surface area contributed by atoms with Crippen molar-refractivity contribution < 1.29 is 36.1 Å².